The van der Waals surface area contributed by atoms with Crippen LogP contribution >= 0.6 is 0 Å². The van der Waals surface area contributed by atoms with Crippen LogP contribution in [-0.2, 0) is 9.59 Å². The Bertz CT molecular complexity index is 490. The number of carbonyl (C=O) groups excluding carboxylic acids is 1. The molecule has 5 heteroatoms. The molecule has 4 N–H and O–H groups in total. The number of carboxylic acid groups (broad SMARTS) is 1. The van der Waals surface area contributed by atoms with Gasteiger partial charge in [0.25, 0.3) is 0 Å². The highest BCUT2D eigenvalue weighted by Gasteiger charge is 2.27. The number of nitrogens with two attached hydrogens (primary N) is 1. The predicted octanol–water partition coefficient (Wildman–Crippen LogP) is 1.49. The average Bonchev–Trinajstić information content (AvgIpc) is 2.48. The molecule has 1 aliphatic carbocycles. The molecule has 1 aromatic rings. The summed E-state index contributed by atoms with van der Waals surface area (Å²) >= 11 is 0. The van der Waals surface area contributed by atoms with Crippen molar-refractivity contribution in [2.24, 2.45) is 11.7 Å². The largest absolute Gasteiger partial charge is 0.481 e. The van der Waals surface area contributed by atoms with Gasteiger partial charge in [-0.1, -0.05) is 36.8 Å². The maximum absolute atomic E-state index is 12.1. The van der Waals surface area contributed by atoms with Gasteiger partial charge in [-0.25, -0.2) is 0 Å². The first kappa shape index (κ1) is 15.5. The van der Waals surface area contributed by atoms with Gasteiger partial charge < -0.3 is 16.2 Å². The van der Waals surface area contributed by atoms with Gasteiger partial charge in [0.15, 0.2) is 0 Å². The van der Waals surface area contributed by atoms with Gasteiger partial charge in [-0.3, -0.25) is 9.59 Å². The van der Waals surface area contributed by atoms with Crippen molar-refractivity contribution in [3.63, 3.8) is 0 Å². The van der Waals surface area contributed by atoms with E-state index in [-0.39, 0.29) is 24.4 Å². The van der Waals surface area contributed by atoms with Gasteiger partial charge in [0.2, 0.25) is 5.91 Å². The van der Waals surface area contributed by atoms with E-state index in [9.17, 15) is 14.7 Å². The Hall–Kier alpha value is -1.88. The smallest absolute Gasteiger partial charge is 0.312 e. The lowest BCUT2D eigenvalue weighted by atomic mass is 9.85. The maximum Gasteiger partial charge on any atom is 0.312 e. The molecular weight excluding hydrogens is 268 g/mol. The van der Waals surface area contributed by atoms with E-state index in [1.807, 2.05) is 6.07 Å². The Morgan fingerprint density at radius 2 is 2.00 bits per heavy atom. The first-order valence-electron chi connectivity index (χ1n) is 7.39. The Morgan fingerprint density at radius 3 is 2.62 bits per heavy atom. The Kier molecular flexibility index (Phi) is 5.33. The van der Waals surface area contributed by atoms with Crippen LogP contribution in [0.4, 0.5) is 0 Å². The summed E-state index contributed by atoms with van der Waals surface area (Å²) in [5, 5.41) is 12.1. The number of nitrogens with one attached hydrogen (secondary N) is 1. The lowest BCUT2D eigenvalue weighted by molar-refractivity contribution is -0.138. The minimum absolute atomic E-state index is 0.0765. The molecule has 0 aliphatic heterocycles. The average molecular weight is 290 g/mol. The number of carbonyl (C=O) groups is 2. The molecule has 1 fully saturated rings. The molecule has 1 aromatic carbocycles. The molecule has 21 heavy (non-hydrogen) atoms. The molecule has 114 valence electrons. The van der Waals surface area contributed by atoms with Crippen LogP contribution in [0.5, 0.6) is 0 Å². The highest BCUT2D eigenvalue weighted by molar-refractivity contribution is 5.81. The highest BCUT2D eigenvalue weighted by atomic mass is 16.4. The summed E-state index contributed by atoms with van der Waals surface area (Å²) in [5.41, 5.74) is 6.58. The molecule has 3 unspecified atom stereocenters. The zero-order valence-corrected chi connectivity index (χ0v) is 12.0. The number of hydrogen-bond donors (Lipinski definition) is 3. The molecule has 1 aliphatic rings. The first-order chi connectivity index (χ1) is 10.1. The summed E-state index contributed by atoms with van der Waals surface area (Å²) in [4.78, 5) is 23.5. The van der Waals surface area contributed by atoms with Gasteiger partial charge in [0.1, 0.15) is 0 Å². The number of benzene rings is 1. The van der Waals surface area contributed by atoms with Crippen molar-refractivity contribution >= 4 is 11.9 Å². The fraction of sp³-hybridized carbons (Fsp3) is 0.500. The van der Waals surface area contributed by atoms with Crippen molar-refractivity contribution in [2.75, 3.05) is 6.54 Å². The second-order valence-electron chi connectivity index (χ2n) is 5.67. The Morgan fingerprint density at radius 1 is 1.29 bits per heavy atom. The van der Waals surface area contributed by atoms with Gasteiger partial charge in [-0.15, -0.1) is 0 Å². The van der Waals surface area contributed by atoms with E-state index in [1.165, 1.54) is 0 Å². The summed E-state index contributed by atoms with van der Waals surface area (Å²) in [6.07, 6.45) is 3.45. The molecule has 0 aromatic heterocycles. The number of carboxylic acids is 1. The first-order valence-corrected chi connectivity index (χ1v) is 7.39. The van der Waals surface area contributed by atoms with Gasteiger partial charge in [-0.2, -0.15) is 0 Å². The van der Waals surface area contributed by atoms with Gasteiger partial charge >= 0.3 is 5.97 Å². The molecule has 1 amide bonds. The molecular formula is C16H22N2O3. The van der Waals surface area contributed by atoms with Crippen molar-refractivity contribution in [2.45, 2.75) is 37.6 Å². The molecule has 2 rings (SSSR count). The molecule has 0 bridgehead atoms. The van der Waals surface area contributed by atoms with Crippen molar-refractivity contribution in [1.82, 2.24) is 5.32 Å². The predicted molar refractivity (Wildman–Crippen MR) is 79.8 cm³/mol. The number of hydrogen-bond acceptors (Lipinski definition) is 3. The zero-order chi connectivity index (χ0) is 15.2. The monoisotopic (exact) mass is 290 g/mol. The lowest BCUT2D eigenvalue weighted by Gasteiger charge is -2.26. The molecule has 3 atom stereocenters. The number of rotatable bonds is 5. The standard InChI is InChI=1S/C16H22N2O3/c17-13-8-4-7-12(9-13)15(19)18-10-14(16(20)21)11-5-2-1-3-6-11/h1-3,5-6,12-14H,4,7-10,17H2,(H,18,19)(H,20,21). The third-order valence-corrected chi connectivity index (χ3v) is 4.07. The Balaban J connectivity index is 1.93. The van der Waals surface area contributed by atoms with Crippen LogP contribution in [-0.4, -0.2) is 29.6 Å². The van der Waals surface area contributed by atoms with Gasteiger partial charge in [-0.05, 0) is 24.8 Å². The molecule has 0 saturated heterocycles. The molecule has 0 heterocycles. The third kappa shape index (κ3) is 4.29. The maximum atomic E-state index is 12.1. The molecule has 5 nitrogen and oxygen atoms in total. The fourth-order valence-corrected chi connectivity index (χ4v) is 2.85. The minimum Gasteiger partial charge on any atom is -0.481 e. The highest BCUT2D eigenvalue weighted by Crippen LogP contribution is 2.23. The second kappa shape index (κ2) is 7.22. The lowest BCUT2D eigenvalue weighted by Crippen LogP contribution is -2.40. The van der Waals surface area contributed by atoms with Crippen LogP contribution in [0.2, 0.25) is 0 Å². The number of aliphatic carboxylic acids is 1. The topological polar surface area (TPSA) is 92.4 Å². The van der Waals surface area contributed by atoms with Crippen LogP contribution in [0.25, 0.3) is 0 Å². The SMILES string of the molecule is NC1CCCC(C(=O)NCC(C(=O)O)c2ccccc2)C1. The van der Waals surface area contributed by atoms with Crippen LogP contribution in [0.15, 0.2) is 30.3 Å². The fourth-order valence-electron chi connectivity index (χ4n) is 2.85. The van der Waals surface area contributed by atoms with Crippen LogP contribution in [0.1, 0.15) is 37.2 Å². The van der Waals surface area contributed by atoms with Gasteiger partial charge in [0, 0.05) is 18.5 Å². The third-order valence-electron chi connectivity index (χ3n) is 4.07. The minimum atomic E-state index is -0.929. The molecule has 0 spiro atoms. The van der Waals surface area contributed by atoms with Crippen molar-refractivity contribution < 1.29 is 14.7 Å². The number of amides is 1. The van der Waals surface area contributed by atoms with Crippen molar-refractivity contribution in [3.05, 3.63) is 35.9 Å². The zero-order valence-electron chi connectivity index (χ0n) is 12.0. The van der Waals surface area contributed by atoms with Crippen LogP contribution < -0.4 is 11.1 Å². The second-order valence-corrected chi connectivity index (χ2v) is 5.67. The summed E-state index contributed by atoms with van der Waals surface area (Å²) in [6, 6.07) is 9.05. The van der Waals surface area contributed by atoms with Gasteiger partial charge in [0.05, 0.1) is 5.92 Å². The van der Waals surface area contributed by atoms with Crippen molar-refractivity contribution in [1.29, 1.82) is 0 Å². The normalized spacial score (nSPS) is 23.3. The van der Waals surface area contributed by atoms with Crippen LogP contribution in [0, 0.1) is 5.92 Å². The molecule has 1 saturated carbocycles. The van der Waals surface area contributed by atoms with E-state index >= 15 is 0 Å². The summed E-state index contributed by atoms with van der Waals surface area (Å²) in [6.45, 7) is 0.115. The summed E-state index contributed by atoms with van der Waals surface area (Å²) < 4.78 is 0. The summed E-state index contributed by atoms with van der Waals surface area (Å²) in [7, 11) is 0. The van der Waals surface area contributed by atoms with E-state index in [0.29, 0.717) is 12.0 Å². The summed E-state index contributed by atoms with van der Waals surface area (Å²) in [5.74, 6) is -1.81. The molecule has 0 radical (unpaired) electrons. The van der Waals surface area contributed by atoms with E-state index in [2.05, 4.69) is 5.32 Å². The van der Waals surface area contributed by atoms with E-state index in [0.717, 1.165) is 19.3 Å². The quantitative estimate of drug-likeness (QED) is 0.766. The van der Waals surface area contributed by atoms with Crippen molar-refractivity contribution in [3.8, 4) is 0 Å². The van der Waals surface area contributed by atoms with E-state index in [1.54, 1.807) is 24.3 Å². The van der Waals surface area contributed by atoms with E-state index < -0.39 is 11.9 Å². The Labute approximate surface area is 124 Å². The van der Waals surface area contributed by atoms with E-state index in [4.69, 9.17) is 5.73 Å². The van der Waals surface area contributed by atoms with Crippen LogP contribution in [0.3, 0.4) is 0 Å².